The van der Waals surface area contributed by atoms with Gasteiger partial charge in [-0.1, -0.05) is 18.2 Å². The quantitative estimate of drug-likeness (QED) is 0.764. The summed E-state index contributed by atoms with van der Waals surface area (Å²) in [7, 11) is 1.93. The maximum atomic E-state index is 10.6. The number of nitrogens with zero attached hydrogens (tertiary/aromatic N) is 4. The third-order valence-electron chi connectivity index (χ3n) is 5.16. The number of likely N-dealkylation sites (tertiary alicyclic amines) is 1. The lowest BCUT2D eigenvalue weighted by Gasteiger charge is -2.33. The van der Waals surface area contributed by atoms with E-state index in [0.29, 0.717) is 5.89 Å². The number of piperidine rings is 1. The largest absolute Gasteiger partial charge is 0.444 e. The summed E-state index contributed by atoms with van der Waals surface area (Å²) in [5, 5.41) is 10.6. The van der Waals surface area contributed by atoms with Gasteiger partial charge in [0.05, 0.1) is 5.69 Å². The average molecular weight is 352 g/mol. The van der Waals surface area contributed by atoms with Crippen LogP contribution in [0.2, 0.25) is 0 Å². The maximum absolute atomic E-state index is 10.6. The number of aliphatic hydroxyl groups excluding tert-OH is 1. The van der Waals surface area contributed by atoms with Crippen molar-refractivity contribution in [2.45, 2.75) is 25.5 Å². The molecule has 0 saturated carbocycles. The van der Waals surface area contributed by atoms with Crippen LogP contribution in [0.25, 0.3) is 11.5 Å². The van der Waals surface area contributed by atoms with Gasteiger partial charge in [0.25, 0.3) is 0 Å². The molecule has 6 nitrogen and oxygen atoms in total. The summed E-state index contributed by atoms with van der Waals surface area (Å²) in [4.78, 5) is 11.3. The van der Waals surface area contributed by atoms with Gasteiger partial charge in [0.15, 0.2) is 0 Å². The smallest absolute Gasteiger partial charge is 0.226 e. The molecule has 1 atom stereocenters. The Labute approximate surface area is 153 Å². The Bertz CT molecular complexity index is 834. The fourth-order valence-corrected chi connectivity index (χ4v) is 3.62. The molecule has 0 unspecified atom stereocenters. The van der Waals surface area contributed by atoms with Crippen LogP contribution in [0.15, 0.2) is 53.4 Å². The van der Waals surface area contributed by atoms with E-state index in [1.807, 2.05) is 48.1 Å². The number of aromatic nitrogens is 3. The van der Waals surface area contributed by atoms with Gasteiger partial charge in [-0.2, -0.15) is 0 Å². The zero-order valence-corrected chi connectivity index (χ0v) is 15.0. The van der Waals surface area contributed by atoms with Crippen LogP contribution in [-0.4, -0.2) is 37.6 Å². The molecule has 26 heavy (non-hydrogen) atoms. The second-order valence-corrected chi connectivity index (χ2v) is 6.96. The molecule has 6 heteroatoms. The molecule has 1 aliphatic rings. The summed E-state index contributed by atoms with van der Waals surface area (Å²) in [6.45, 7) is 2.67. The van der Waals surface area contributed by atoms with Gasteiger partial charge in [-0.15, -0.1) is 0 Å². The first-order valence-electron chi connectivity index (χ1n) is 9.08. The number of aliphatic hydroxyl groups is 1. The van der Waals surface area contributed by atoms with Crippen LogP contribution in [0, 0.1) is 5.92 Å². The molecule has 0 radical (unpaired) electrons. The molecule has 136 valence electrons. The van der Waals surface area contributed by atoms with E-state index in [0.717, 1.165) is 49.6 Å². The van der Waals surface area contributed by atoms with Gasteiger partial charge in [-0.25, -0.2) is 9.97 Å². The molecule has 3 heterocycles. The van der Waals surface area contributed by atoms with Crippen molar-refractivity contribution in [1.82, 2.24) is 19.4 Å². The monoisotopic (exact) mass is 352 g/mol. The van der Waals surface area contributed by atoms with E-state index in [2.05, 4.69) is 14.9 Å². The fraction of sp³-hybridized carbons (Fsp3) is 0.400. The van der Waals surface area contributed by atoms with Crippen molar-refractivity contribution < 1.29 is 9.52 Å². The highest BCUT2D eigenvalue weighted by Gasteiger charge is 2.28. The van der Waals surface area contributed by atoms with Gasteiger partial charge in [0, 0.05) is 31.5 Å². The highest BCUT2D eigenvalue weighted by Crippen LogP contribution is 2.30. The Balaban J connectivity index is 1.33. The zero-order valence-electron chi connectivity index (χ0n) is 15.0. The van der Waals surface area contributed by atoms with Crippen LogP contribution < -0.4 is 0 Å². The van der Waals surface area contributed by atoms with Crippen LogP contribution >= 0.6 is 0 Å². The summed E-state index contributed by atoms with van der Waals surface area (Å²) in [5.41, 5.74) is 1.95. The van der Waals surface area contributed by atoms with Gasteiger partial charge in [-0.05, 0) is 44.0 Å². The Hall–Kier alpha value is -2.44. The molecule has 1 N–H and O–H groups in total. The van der Waals surface area contributed by atoms with Gasteiger partial charge in [0.1, 0.15) is 18.2 Å². The Morgan fingerprint density at radius 1 is 1.23 bits per heavy atom. The van der Waals surface area contributed by atoms with Crippen molar-refractivity contribution in [2.24, 2.45) is 13.0 Å². The lowest BCUT2D eigenvalue weighted by atomic mass is 9.90. The maximum Gasteiger partial charge on any atom is 0.226 e. The predicted octanol–water partition coefficient (Wildman–Crippen LogP) is 3.02. The molecule has 0 aliphatic carbocycles. The van der Waals surface area contributed by atoms with Gasteiger partial charge < -0.3 is 14.1 Å². The van der Waals surface area contributed by atoms with Gasteiger partial charge in [0.2, 0.25) is 5.89 Å². The normalized spacial score (nSPS) is 17.5. The topological polar surface area (TPSA) is 67.3 Å². The standard InChI is InChI=1S/C20H24N4O2/c1-23-12-9-21-19(23)18(25)15-7-10-24(11-8-15)13-17-14-26-20(22-17)16-5-3-2-4-6-16/h2-6,9,12,14-15,18,25H,7-8,10-11,13H2,1H3/t18-/m1/s1. The Morgan fingerprint density at radius 3 is 2.69 bits per heavy atom. The number of rotatable bonds is 5. The number of benzene rings is 1. The van der Waals surface area contributed by atoms with E-state index in [4.69, 9.17) is 4.42 Å². The number of imidazole rings is 1. The van der Waals surface area contributed by atoms with Gasteiger partial charge in [-0.3, -0.25) is 4.90 Å². The Kier molecular flexibility index (Phi) is 4.86. The minimum absolute atomic E-state index is 0.254. The summed E-state index contributed by atoms with van der Waals surface area (Å²) in [5.74, 6) is 1.68. The van der Waals surface area contributed by atoms with Crippen molar-refractivity contribution in [1.29, 1.82) is 0 Å². The highest BCUT2D eigenvalue weighted by atomic mass is 16.3. The number of aryl methyl sites for hydroxylation is 1. The molecule has 2 aromatic heterocycles. The van der Waals surface area contributed by atoms with Crippen LogP contribution in [0.4, 0.5) is 0 Å². The minimum Gasteiger partial charge on any atom is -0.444 e. The van der Waals surface area contributed by atoms with Gasteiger partial charge >= 0.3 is 0 Å². The first kappa shape index (κ1) is 17.0. The van der Waals surface area contributed by atoms with Crippen molar-refractivity contribution in [3.05, 3.63) is 60.5 Å². The summed E-state index contributed by atoms with van der Waals surface area (Å²) in [6, 6.07) is 9.95. The third kappa shape index (κ3) is 3.57. The van der Waals surface area contributed by atoms with E-state index in [-0.39, 0.29) is 5.92 Å². The molecule has 4 rings (SSSR count). The van der Waals surface area contributed by atoms with Crippen molar-refractivity contribution in [3.8, 4) is 11.5 Å². The first-order valence-corrected chi connectivity index (χ1v) is 9.08. The van der Waals surface area contributed by atoms with Crippen LogP contribution in [-0.2, 0) is 13.6 Å². The van der Waals surface area contributed by atoms with E-state index >= 15 is 0 Å². The molecule has 1 aromatic carbocycles. The highest BCUT2D eigenvalue weighted by molar-refractivity contribution is 5.52. The number of oxazole rings is 1. The molecule has 3 aromatic rings. The van der Waals surface area contributed by atoms with E-state index < -0.39 is 6.10 Å². The minimum atomic E-state index is -0.492. The van der Waals surface area contributed by atoms with E-state index in [9.17, 15) is 5.11 Å². The van der Waals surface area contributed by atoms with E-state index in [1.54, 1.807) is 12.5 Å². The molecular formula is C20H24N4O2. The zero-order chi connectivity index (χ0) is 17.9. The van der Waals surface area contributed by atoms with Crippen LogP contribution in [0.5, 0.6) is 0 Å². The van der Waals surface area contributed by atoms with Crippen LogP contribution in [0.1, 0.15) is 30.5 Å². The van der Waals surface area contributed by atoms with E-state index in [1.165, 1.54) is 0 Å². The summed E-state index contributed by atoms with van der Waals surface area (Å²) >= 11 is 0. The third-order valence-corrected chi connectivity index (χ3v) is 5.16. The first-order chi connectivity index (χ1) is 12.7. The molecule has 0 bridgehead atoms. The molecule has 0 spiro atoms. The summed E-state index contributed by atoms with van der Waals surface area (Å²) < 4.78 is 7.53. The van der Waals surface area contributed by atoms with Crippen LogP contribution in [0.3, 0.4) is 0 Å². The Morgan fingerprint density at radius 2 is 2.00 bits per heavy atom. The lowest BCUT2D eigenvalue weighted by molar-refractivity contribution is 0.0489. The van der Waals surface area contributed by atoms with Crippen molar-refractivity contribution in [3.63, 3.8) is 0 Å². The van der Waals surface area contributed by atoms with Crippen molar-refractivity contribution in [2.75, 3.05) is 13.1 Å². The second-order valence-electron chi connectivity index (χ2n) is 6.96. The molecular weight excluding hydrogens is 328 g/mol. The summed E-state index contributed by atoms with van der Waals surface area (Å²) in [6.07, 6.45) is 6.78. The molecule has 1 saturated heterocycles. The SMILES string of the molecule is Cn1ccnc1[C@H](O)C1CCN(Cc2coc(-c3ccccc3)n2)CC1. The number of hydrogen-bond donors (Lipinski definition) is 1. The number of hydrogen-bond acceptors (Lipinski definition) is 5. The lowest BCUT2D eigenvalue weighted by Crippen LogP contribution is -2.35. The molecule has 1 aliphatic heterocycles. The predicted molar refractivity (Wildman–Crippen MR) is 98.1 cm³/mol. The fourth-order valence-electron chi connectivity index (χ4n) is 3.62. The molecule has 0 amide bonds. The molecule has 1 fully saturated rings. The second kappa shape index (κ2) is 7.43. The average Bonchev–Trinajstić information content (AvgIpc) is 3.32. The van der Waals surface area contributed by atoms with Crippen molar-refractivity contribution >= 4 is 0 Å².